The van der Waals surface area contributed by atoms with Gasteiger partial charge in [-0.25, -0.2) is 9.97 Å². The van der Waals surface area contributed by atoms with E-state index in [1.165, 1.54) is 12.0 Å². The first-order valence-electron chi connectivity index (χ1n) is 7.66. The maximum atomic E-state index is 4.57. The number of nitrogens with one attached hydrogen (secondary N) is 1. The summed E-state index contributed by atoms with van der Waals surface area (Å²) in [6, 6.07) is 0.627. The van der Waals surface area contributed by atoms with Crippen molar-refractivity contribution in [1.29, 1.82) is 0 Å². The molecule has 1 aliphatic rings. The zero-order chi connectivity index (χ0) is 14.5. The highest BCUT2D eigenvalue weighted by molar-refractivity contribution is 5.59. The Hall–Kier alpha value is -1.36. The molecule has 1 aromatic rings. The molecule has 5 nitrogen and oxygen atoms in total. The molecule has 0 radical (unpaired) electrons. The van der Waals surface area contributed by atoms with Gasteiger partial charge in [0.05, 0.1) is 0 Å². The average molecular weight is 277 g/mol. The fraction of sp³-hybridized carbons (Fsp3) is 0.733. The van der Waals surface area contributed by atoms with Gasteiger partial charge >= 0.3 is 0 Å². The van der Waals surface area contributed by atoms with Gasteiger partial charge in [0.25, 0.3) is 0 Å². The second-order valence-corrected chi connectivity index (χ2v) is 5.66. The summed E-state index contributed by atoms with van der Waals surface area (Å²) < 4.78 is 0. The monoisotopic (exact) mass is 277 g/mol. The summed E-state index contributed by atoms with van der Waals surface area (Å²) in [5, 5.41) is 3.37. The van der Waals surface area contributed by atoms with E-state index in [1.807, 2.05) is 0 Å². The van der Waals surface area contributed by atoms with E-state index < -0.39 is 0 Å². The minimum absolute atomic E-state index is 0.627. The van der Waals surface area contributed by atoms with Gasteiger partial charge in [-0.15, -0.1) is 0 Å². The maximum absolute atomic E-state index is 4.57. The van der Waals surface area contributed by atoms with Gasteiger partial charge < -0.3 is 15.1 Å². The summed E-state index contributed by atoms with van der Waals surface area (Å²) in [7, 11) is 4.32. The first-order valence-corrected chi connectivity index (χ1v) is 7.66. The molecule has 1 aromatic heterocycles. The molecule has 1 N–H and O–H groups in total. The Morgan fingerprint density at radius 1 is 1.35 bits per heavy atom. The van der Waals surface area contributed by atoms with Crippen LogP contribution in [0.5, 0.6) is 0 Å². The third-order valence-corrected chi connectivity index (χ3v) is 3.96. The quantitative estimate of drug-likeness (QED) is 0.861. The number of rotatable bonds is 6. The summed E-state index contributed by atoms with van der Waals surface area (Å²) in [4.78, 5) is 13.7. The number of hydrogen-bond acceptors (Lipinski definition) is 5. The Kier molecular flexibility index (Phi) is 5.17. The molecule has 1 saturated heterocycles. The van der Waals surface area contributed by atoms with Crippen LogP contribution in [0.2, 0.25) is 0 Å². The van der Waals surface area contributed by atoms with Crippen molar-refractivity contribution < 1.29 is 0 Å². The lowest BCUT2D eigenvalue weighted by Crippen LogP contribution is -2.32. The summed E-state index contributed by atoms with van der Waals surface area (Å²) >= 11 is 0. The molecule has 1 aliphatic heterocycles. The van der Waals surface area contributed by atoms with Crippen LogP contribution in [0, 0.1) is 0 Å². The Balaban J connectivity index is 2.24. The highest BCUT2D eigenvalue weighted by Crippen LogP contribution is 2.28. The third-order valence-electron chi connectivity index (χ3n) is 3.96. The third kappa shape index (κ3) is 3.20. The van der Waals surface area contributed by atoms with Crippen LogP contribution in [0.15, 0.2) is 6.33 Å². The molecule has 1 unspecified atom stereocenters. The predicted octanol–water partition coefficient (Wildman–Crippen LogP) is 2.00. The van der Waals surface area contributed by atoms with E-state index in [0.717, 1.165) is 44.1 Å². The number of anilines is 2. The summed E-state index contributed by atoms with van der Waals surface area (Å²) in [5.41, 5.74) is 1.27. The fourth-order valence-corrected chi connectivity index (χ4v) is 2.83. The van der Waals surface area contributed by atoms with E-state index in [4.69, 9.17) is 0 Å². The van der Waals surface area contributed by atoms with E-state index in [2.05, 4.69) is 53.0 Å². The van der Waals surface area contributed by atoms with Gasteiger partial charge in [0.15, 0.2) is 0 Å². The van der Waals surface area contributed by atoms with Crippen molar-refractivity contribution in [1.82, 2.24) is 14.9 Å². The smallest absolute Gasteiger partial charge is 0.137 e. The Labute approximate surface area is 122 Å². The molecule has 0 aliphatic carbocycles. The summed E-state index contributed by atoms with van der Waals surface area (Å²) in [6.07, 6.45) is 5.04. The lowest BCUT2D eigenvalue weighted by Gasteiger charge is -2.24. The zero-order valence-corrected chi connectivity index (χ0v) is 13.2. The van der Waals surface area contributed by atoms with Crippen LogP contribution in [0.25, 0.3) is 0 Å². The first-order chi connectivity index (χ1) is 9.67. The zero-order valence-electron chi connectivity index (χ0n) is 13.2. The highest BCUT2D eigenvalue weighted by atomic mass is 15.3. The minimum Gasteiger partial charge on any atom is -0.370 e. The SMILES string of the molecule is CCCc1c(NCC)ncnc1N1CCC(N(C)C)C1. The van der Waals surface area contributed by atoms with Gasteiger partial charge in [0, 0.05) is 31.2 Å². The molecular weight excluding hydrogens is 250 g/mol. The molecule has 0 aromatic carbocycles. The van der Waals surface area contributed by atoms with Crippen LogP contribution in [-0.2, 0) is 6.42 Å². The van der Waals surface area contributed by atoms with Gasteiger partial charge in [0.2, 0.25) is 0 Å². The van der Waals surface area contributed by atoms with E-state index in [0.29, 0.717) is 6.04 Å². The van der Waals surface area contributed by atoms with E-state index in [-0.39, 0.29) is 0 Å². The molecule has 0 saturated carbocycles. The molecule has 5 heteroatoms. The van der Waals surface area contributed by atoms with Crippen molar-refractivity contribution in [3.05, 3.63) is 11.9 Å². The van der Waals surface area contributed by atoms with E-state index in [1.54, 1.807) is 6.33 Å². The van der Waals surface area contributed by atoms with Crippen molar-refractivity contribution in [3.63, 3.8) is 0 Å². The standard InChI is InChI=1S/C15H27N5/c1-5-7-13-14(16-6-2)17-11-18-15(13)20-9-8-12(10-20)19(3)4/h11-12H,5-10H2,1-4H3,(H,16,17,18). The van der Waals surface area contributed by atoms with Crippen LogP contribution < -0.4 is 10.2 Å². The Morgan fingerprint density at radius 2 is 2.15 bits per heavy atom. The molecular formula is C15H27N5. The van der Waals surface area contributed by atoms with Crippen LogP contribution in [0.1, 0.15) is 32.3 Å². The lowest BCUT2D eigenvalue weighted by atomic mass is 10.1. The van der Waals surface area contributed by atoms with Crippen molar-refractivity contribution in [2.45, 2.75) is 39.2 Å². The Bertz CT molecular complexity index is 432. The van der Waals surface area contributed by atoms with Crippen molar-refractivity contribution in [3.8, 4) is 0 Å². The van der Waals surface area contributed by atoms with E-state index >= 15 is 0 Å². The van der Waals surface area contributed by atoms with Gasteiger partial charge in [-0.2, -0.15) is 0 Å². The average Bonchev–Trinajstić information content (AvgIpc) is 2.91. The normalized spacial score (nSPS) is 18.9. The summed E-state index contributed by atoms with van der Waals surface area (Å²) in [5.74, 6) is 2.13. The number of likely N-dealkylation sites (N-methyl/N-ethyl adjacent to an activating group) is 1. The largest absolute Gasteiger partial charge is 0.370 e. The van der Waals surface area contributed by atoms with Gasteiger partial charge in [-0.05, 0) is 33.9 Å². The predicted molar refractivity (Wildman–Crippen MR) is 84.5 cm³/mol. The van der Waals surface area contributed by atoms with Crippen molar-refractivity contribution >= 4 is 11.6 Å². The second kappa shape index (κ2) is 6.88. The molecule has 0 bridgehead atoms. The molecule has 2 heterocycles. The fourth-order valence-electron chi connectivity index (χ4n) is 2.83. The van der Waals surface area contributed by atoms with E-state index in [9.17, 15) is 0 Å². The number of aromatic nitrogens is 2. The van der Waals surface area contributed by atoms with Gasteiger partial charge in [-0.1, -0.05) is 13.3 Å². The molecule has 1 atom stereocenters. The molecule has 1 fully saturated rings. The lowest BCUT2D eigenvalue weighted by molar-refractivity contribution is 0.315. The van der Waals surface area contributed by atoms with Gasteiger partial charge in [0.1, 0.15) is 18.0 Å². The van der Waals surface area contributed by atoms with Crippen LogP contribution in [0.4, 0.5) is 11.6 Å². The number of nitrogens with zero attached hydrogens (tertiary/aromatic N) is 4. The molecule has 0 amide bonds. The molecule has 20 heavy (non-hydrogen) atoms. The summed E-state index contributed by atoms with van der Waals surface area (Å²) in [6.45, 7) is 7.36. The minimum atomic E-state index is 0.627. The molecule has 0 spiro atoms. The first kappa shape index (κ1) is 15.0. The maximum Gasteiger partial charge on any atom is 0.137 e. The Morgan fingerprint density at radius 3 is 2.75 bits per heavy atom. The highest BCUT2D eigenvalue weighted by Gasteiger charge is 2.27. The van der Waals surface area contributed by atoms with Crippen LogP contribution >= 0.6 is 0 Å². The van der Waals surface area contributed by atoms with Crippen LogP contribution in [0.3, 0.4) is 0 Å². The number of hydrogen-bond donors (Lipinski definition) is 1. The van der Waals surface area contributed by atoms with Crippen molar-refractivity contribution in [2.24, 2.45) is 0 Å². The molecule has 2 rings (SSSR count). The topological polar surface area (TPSA) is 44.3 Å². The molecule has 112 valence electrons. The van der Waals surface area contributed by atoms with Gasteiger partial charge in [-0.3, -0.25) is 0 Å². The van der Waals surface area contributed by atoms with Crippen LogP contribution in [-0.4, -0.2) is 54.6 Å². The van der Waals surface area contributed by atoms with Crippen molar-refractivity contribution in [2.75, 3.05) is 43.9 Å². The second-order valence-electron chi connectivity index (χ2n) is 5.66.